The summed E-state index contributed by atoms with van der Waals surface area (Å²) in [6.45, 7) is 14.7. The van der Waals surface area contributed by atoms with Crippen LogP contribution in [-0.2, 0) is 4.74 Å². The van der Waals surface area contributed by atoms with Gasteiger partial charge in [-0.25, -0.2) is 19.2 Å². The Bertz CT molecular complexity index is 1480. The number of rotatable bonds is 4. The second-order valence-corrected chi connectivity index (χ2v) is 11.1. The van der Waals surface area contributed by atoms with Crippen molar-refractivity contribution in [2.24, 2.45) is 0 Å². The molecule has 2 N–H and O–H groups in total. The number of amides is 1. The molecular formula is C32H41BrFN5O3. The van der Waals surface area contributed by atoms with Crippen LogP contribution in [0.25, 0.3) is 22.2 Å². The molecule has 1 amide bonds. The number of halogens is 2. The fourth-order valence-electron chi connectivity index (χ4n) is 4.74. The molecule has 0 radical (unpaired) electrons. The first-order valence-electron chi connectivity index (χ1n) is 14.4. The van der Waals surface area contributed by atoms with E-state index >= 15 is 0 Å². The second kappa shape index (κ2) is 14.5. The zero-order chi connectivity index (χ0) is 31.0. The van der Waals surface area contributed by atoms with Gasteiger partial charge in [-0.15, -0.1) is 0 Å². The van der Waals surface area contributed by atoms with Gasteiger partial charge in [-0.2, -0.15) is 0 Å². The maximum absolute atomic E-state index is 13.5. The Labute approximate surface area is 256 Å². The van der Waals surface area contributed by atoms with Gasteiger partial charge in [0, 0.05) is 24.7 Å². The van der Waals surface area contributed by atoms with Crippen LogP contribution < -0.4 is 10.5 Å². The van der Waals surface area contributed by atoms with E-state index in [9.17, 15) is 9.18 Å². The van der Waals surface area contributed by atoms with E-state index in [2.05, 4.69) is 30.5 Å². The van der Waals surface area contributed by atoms with E-state index in [0.717, 1.165) is 34.0 Å². The lowest BCUT2D eigenvalue weighted by atomic mass is 10.1. The van der Waals surface area contributed by atoms with Crippen LogP contribution in [0.4, 0.5) is 15.0 Å². The highest BCUT2D eigenvalue weighted by Crippen LogP contribution is 2.43. The van der Waals surface area contributed by atoms with Gasteiger partial charge >= 0.3 is 6.09 Å². The molecule has 3 heterocycles. The number of benzene rings is 2. The first-order valence-corrected chi connectivity index (χ1v) is 15.2. The van der Waals surface area contributed by atoms with Crippen LogP contribution >= 0.6 is 15.9 Å². The molecule has 1 fully saturated rings. The summed E-state index contributed by atoms with van der Waals surface area (Å²) in [7, 11) is 0. The maximum Gasteiger partial charge on any atom is 0.410 e. The lowest BCUT2D eigenvalue weighted by Gasteiger charge is -2.35. The minimum Gasteiger partial charge on any atom is -0.457 e. The highest BCUT2D eigenvalue weighted by molar-refractivity contribution is 9.10. The van der Waals surface area contributed by atoms with E-state index in [1.807, 2.05) is 72.7 Å². The summed E-state index contributed by atoms with van der Waals surface area (Å²) in [4.78, 5) is 23.4. The molecule has 0 aliphatic carbocycles. The monoisotopic (exact) mass is 641 g/mol. The van der Waals surface area contributed by atoms with Crippen LogP contribution in [0.2, 0.25) is 0 Å². The van der Waals surface area contributed by atoms with Crippen molar-refractivity contribution in [3.8, 4) is 22.6 Å². The molecule has 1 atom stereocenters. The quantitative estimate of drug-likeness (QED) is 0.239. The Hall–Kier alpha value is -3.66. The number of carbonyl (C=O) groups excluding carboxylic acids is 1. The summed E-state index contributed by atoms with van der Waals surface area (Å²) < 4.78 is 27.9. The van der Waals surface area contributed by atoms with Crippen molar-refractivity contribution in [1.82, 2.24) is 19.4 Å². The van der Waals surface area contributed by atoms with Gasteiger partial charge in [0.2, 0.25) is 0 Å². The predicted octanol–water partition coefficient (Wildman–Crippen LogP) is 9.00. The molecule has 42 heavy (non-hydrogen) atoms. The van der Waals surface area contributed by atoms with Crippen molar-refractivity contribution in [3.63, 3.8) is 0 Å². The first-order chi connectivity index (χ1) is 20.1. The Balaban J connectivity index is 0.00000116. The number of nitrogens with two attached hydrogens (primary N) is 1. The van der Waals surface area contributed by atoms with E-state index in [1.165, 1.54) is 18.5 Å². The van der Waals surface area contributed by atoms with Crippen molar-refractivity contribution in [2.75, 3.05) is 18.8 Å². The van der Waals surface area contributed by atoms with Crippen LogP contribution in [0.15, 0.2) is 59.5 Å². The first kappa shape index (κ1) is 32.8. The summed E-state index contributed by atoms with van der Waals surface area (Å²) in [5.41, 5.74) is 8.23. The van der Waals surface area contributed by atoms with Crippen molar-refractivity contribution >= 4 is 38.9 Å². The SMILES string of the molecule is CC.CC.CC(C)(C)OC(=O)N1CCCC(n2c(Br)c(-c3ccc(Oc4cccc(F)c4)cc3)c3c(N)ncnc32)C1. The van der Waals surface area contributed by atoms with E-state index in [1.54, 1.807) is 17.0 Å². The van der Waals surface area contributed by atoms with Gasteiger partial charge in [0.15, 0.2) is 0 Å². The van der Waals surface area contributed by atoms with Crippen molar-refractivity contribution in [3.05, 3.63) is 65.3 Å². The van der Waals surface area contributed by atoms with E-state index in [4.69, 9.17) is 15.2 Å². The van der Waals surface area contributed by atoms with Gasteiger partial charge in [-0.05, 0) is 79.4 Å². The average molecular weight is 643 g/mol. The molecule has 8 nitrogen and oxygen atoms in total. The van der Waals surface area contributed by atoms with E-state index < -0.39 is 5.60 Å². The molecule has 2 aromatic carbocycles. The largest absolute Gasteiger partial charge is 0.457 e. The van der Waals surface area contributed by atoms with Gasteiger partial charge in [0.05, 0.1) is 16.0 Å². The zero-order valence-electron chi connectivity index (χ0n) is 25.4. The molecular weight excluding hydrogens is 601 g/mol. The minimum absolute atomic E-state index is 0.0354. The normalized spacial score (nSPS) is 14.8. The molecule has 1 unspecified atom stereocenters. The summed E-state index contributed by atoms with van der Waals surface area (Å²) in [5.74, 6) is 0.993. The van der Waals surface area contributed by atoms with Gasteiger partial charge in [0.25, 0.3) is 0 Å². The number of hydrogen-bond donors (Lipinski definition) is 1. The number of nitrogen functional groups attached to an aromatic ring is 1. The van der Waals surface area contributed by atoms with Crippen molar-refractivity contribution in [2.45, 2.75) is 73.0 Å². The Kier molecular flexibility index (Phi) is 11.3. The molecule has 0 saturated carbocycles. The summed E-state index contributed by atoms with van der Waals surface area (Å²) in [6.07, 6.45) is 2.83. The standard InChI is InChI=1S/C28H29BrFN5O3.2C2H6/c1-28(2,3)38-27(36)34-13-5-7-19(15-34)35-24(29)22(23-25(31)32-16-33-26(23)35)17-9-11-20(12-10-17)37-21-8-4-6-18(30)14-21;2*1-2/h4,6,8-12,14,16,19H,5,7,13,15H2,1-3H3,(H2,31,32,33);2*1-2H3. The second-order valence-electron chi connectivity index (χ2n) is 10.3. The number of aromatic nitrogens is 3. The molecule has 0 bridgehead atoms. The molecule has 0 spiro atoms. The van der Waals surface area contributed by atoms with Crippen molar-refractivity contribution in [1.29, 1.82) is 0 Å². The third kappa shape index (κ3) is 7.59. The fraction of sp³-hybridized carbons (Fsp3) is 0.406. The topological polar surface area (TPSA) is 95.5 Å². The summed E-state index contributed by atoms with van der Waals surface area (Å²) >= 11 is 3.82. The molecule has 10 heteroatoms. The van der Waals surface area contributed by atoms with Gasteiger partial charge < -0.3 is 24.7 Å². The number of nitrogens with zero attached hydrogens (tertiary/aromatic N) is 4. The van der Waals surface area contributed by atoms with Crippen LogP contribution in [0.3, 0.4) is 0 Å². The van der Waals surface area contributed by atoms with Crippen molar-refractivity contribution < 1.29 is 18.7 Å². The Morgan fingerprint density at radius 2 is 1.74 bits per heavy atom. The molecule has 226 valence electrons. The van der Waals surface area contributed by atoms with E-state index in [-0.39, 0.29) is 18.0 Å². The van der Waals surface area contributed by atoms with Crippen LogP contribution in [-0.4, -0.2) is 44.2 Å². The third-order valence-electron chi connectivity index (χ3n) is 6.34. The number of hydrogen-bond acceptors (Lipinski definition) is 6. The van der Waals surface area contributed by atoms with Crippen LogP contribution in [0.1, 0.15) is 67.3 Å². The molecule has 1 aliphatic heterocycles. The zero-order valence-corrected chi connectivity index (χ0v) is 27.0. The number of likely N-dealkylation sites (tertiary alicyclic amines) is 1. The molecule has 1 aliphatic rings. The number of fused-ring (bicyclic) bond motifs is 1. The highest BCUT2D eigenvalue weighted by Gasteiger charge is 2.32. The molecule has 1 saturated heterocycles. The van der Waals surface area contributed by atoms with E-state index in [0.29, 0.717) is 36.1 Å². The van der Waals surface area contributed by atoms with Gasteiger partial charge in [-0.3, -0.25) is 0 Å². The number of ether oxygens (including phenoxy) is 2. The van der Waals surface area contributed by atoms with Gasteiger partial charge in [0.1, 0.15) is 40.7 Å². The maximum atomic E-state index is 13.5. The molecule has 5 rings (SSSR count). The third-order valence-corrected chi connectivity index (χ3v) is 7.12. The lowest BCUT2D eigenvalue weighted by molar-refractivity contribution is 0.0173. The smallest absolute Gasteiger partial charge is 0.410 e. The Morgan fingerprint density at radius 3 is 2.38 bits per heavy atom. The number of piperidine rings is 1. The Morgan fingerprint density at radius 1 is 1.05 bits per heavy atom. The minimum atomic E-state index is -0.565. The van der Waals surface area contributed by atoms with Crippen LogP contribution in [0.5, 0.6) is 11.5 Å². The summed E-state index contributed by atoms with van der Waals surface area (Å²) in [6, 6.07) is 13.4. The summed E-state index contributed by atoms with van der Waals surface area (Å²) in [5, 5.41) is 0.729. The molecule has 4 aromatic rings. The van der Waals surface area contributed by atoms with Crippen LogP contribution in [0, 0.1) is 5.82 Å². The van der Waals surface area contributed by atoms with Gasteiger partial charge in [-0.1, -0.05) is 45.9 Å². The average Bonchev–Trinajstić information content (AvgIpc) is 3.28. The fourth-order valence-corrected chi connectivity index (χ4v) is 5.62. The number of carbonyl (C=O) groups is 1. The molecule has 2 aromatic heterocycles. The lowest BCUT2D eigenvalue weighted by Crippen LogP contribution is -2.43. The highest BCUT2D eigenvalue weighted by atomic mass is 79.9. The predicted molar refractivity (Wildman–Crippen MR) is 170 cm³/mol. The number of anilines is 1.